The molecule has 1 aromatic rings. The number of carbonyl (C=O) groups excluding carboxylic acids is 2. The van der Waals surface area contributed by atoms with E-state index < -0.39 is 17.9 Å². The van der Waals surface area contributed by atoms with Crippen LogP contribution in [-0.2, 0) is 16.0 Å². The van der Waals surface area contributed by atoms with E-state index in [-0.39, 0.29) is 38.4 Å². The van der Waals surface area contributed by atoms with Gasteiger partial charge in [-0.05, 0) is 24.1 Å². The molecule has 1 aromatic carbocycles. The molecule has 0 spiro atoms. The van der Waals surface area contributed by atoms with Gasteiger partial charge in [-0.25, -0.2) is 4.39 Å². The SMILES string of the molecule is O=C(Cc1ccc(F)cc1)N1CCCN(C(=O)C(F)(F)F)CC1. The third-order valence-electron chi connectivity index (χ3n) is 3.65. The Morgan fingerprint density at radius 2 is 1.52 bits per heavy atom. The summed E-state index contributed by atoms with van der Waals surface area (Å²) in [6, 6.07) is 5.47. The van der Waals surface area contributed by atoms with Crippen LogP contribution < -0.4 is 0 Å². The monoisotopic (exact) mass is 332 g/mol. The summed E-state index contributed by atoms with van der Waals surface area (Å²) >= 11 is 0. The van der Waals surface area contributed by atoms with Gasteiger partial charge >= 0.3 is 12.1 Å². The molecule has 0 aliphatic carbocycles. The average Bonchev–Trinajstić information content (AvgIpc) is 2.73. The Bertz CT molecular complexity index is 572. The van der Waals surface area contributed by atoms with E-state index in [2.05, 4.69) is 0 Å². The number of nitrogens with zero attached hydrogens (tertiary/aromatic N) is 2. The van der Waals surface area contributed by atoms with Gasteiger partial charge in [0.25, 0.3) is 0 Å². The highest BCUT2D eigenvalue weighted by atomic mass is 19.4. The van der Waals surface area contributed by atoms with E-state index >= 15 is 0 Å². The van der Waals surface area contributed by atoms with E-state index in [9.17, 15) is 27.2 Å². The molecule has 126 valence electrons. The largest absolute Gasteiger partial charge is 0.471 e. The van der Waals surface area contributed by atoms with Gasteiger partial charge in [0, 0.05) is 26.2 Å². The Kier molecular flexibility index (Phi) is 5.23. The van der Waals surface area contributed by atoms with Crippen LogP contribution in [0, 0.1) is 5.82 Å². The minimum absolute atomic E-state index is 0.0291. The molecule has 2 amide bonds. The number of halogens is 4. The molecule has 0 radical (unpaired) electrons. The maximum Gasteiger partial charge on any atom is 0.471 e. The zero-order chi connectivity index (χ0) is 17.0. The summed E-state index contributed by atoms with van der Waals surface area (Å²) in [6.45, 7) is 0.176. The van der Waals surface area contributed by atoms with Crippen molar-refractivity contribution in [1.29, 1.82) is 0 Å². The second kappa shape index (κ2) is 6.97. The molecule has 0 atom stereocenters. The van der Waals surface area contributed by atoms with Gasteiger partial charge in [-0.2, -0.15) is 13.2 Å². The first-order valence-electron chi connectivity index (χ1n) is 7.15. The zero-order valence-electron chi connectivity index (χ0n) is 12.3. The summed E-state index contributed by atoms with van der Waals surface area (Å²) in [4.78, 5) is 25.6. The number of rotatable bonds is 2. The molecule has 2 rings (SSSR count). The minimum Gasteiger partial charge on any atom is -0.341 e. The highest BCUT2D eigenvalue weighted by molar-refractivity contribution is 5.82. The second-order valence-electron chi connectivity index (χ2n) is 5.33. The first-order valence-corrected chi connectivity index (χ1v) is 7.15. The Balaban J connectivity index is 1.93. The number of benzene rings is 1. The fraction of sp³-hybridized carbons (Fsp3) is 0.467. The van der Waals surface area contributed by atoms with Gasteiger partial charge in [-0.1, -0.05) is 12.1 Å². The third-order valence-corrected chi connectivity index (χ3v) is 3.65. The van der Waals surface area contributed by atoms with Gasteiger partial charge < -0.3 is 9.80 Å². The van der Waals surface area contributed by atoms with Crippen LogP contribution in [0.4, 0.5) is 17.6 Å². The van der Waals surface area contributed by atoms with Crippen LogP contribution >= 0.6 is 0 Å². The number of hydrogen-bond donors (Lipinski definition) is 0. The minimum atomic E-state index is -4.90. The summed E-state index contributed by atoms with van der Waals surface area (Å²) in [5.41, 5.74) is 0.629. The molecule has 0 saturated carbocycles. The van der Waals surface area contributed by atoms with Gasteiger partial charge in [-0.15, -0.1) is 0 Å². The van der Waals surface area contributed by atoms with Crippen molar-refractivity contribution in [3.63, 3.8) is 0 Å². The van der Waals surface area contributed by atoms with E-state index in [1.165, 1.54) is 29.2 Å². The van der Waals surface area contributed by atoms with Crippen molar-refractivity contribution in [2.75, 3.05) is 26.2 Å². The summed E-state index contributed by atoms with van der Waals surface area (Å²) < 4.78 is 50.1. The van der Waals surface area contributed by atoms with Crippen LogP contribution in [0.2, 0.25) is 0 Å². The summed E-state index contributed by atoms with van der Waals surface area (Å²) in [5.74, 6) is -2.53. The predicted molar refractivity (Wildman–Crippen MR) is 73.9 cm³/mol. The van der Waals surface area contributed by atoms with Crippen molar-refractivity contribution >= 4 is 11.8 Å². The van der Waals surface area contributed by atoms with Gasteiger partial charge in [0.1, 0.15) is 5.82 Å². The normalized spacial score (nSPS) is 16.2. The van der Waals surface area contributed by atoms with Crippen molar-refractivity contribution < 1.29 is 27.2 Å². The van der Waals surface area contributed by atoms with Crippen molar-refractivity contribution in [2.45, 2.75) is 19.0 Å². The maximum absolute atomic E-state index is 12.8. The van der Waals surface area contributed by atoms with Crippen LogP contribution in [0.5, 0.6) is 0 Å². The molecule has 1 heterocycles. The Morgan fingerprint density at radius 3 is 2.13 bits per heavy atom. The summed E-state index contributed by atoms with van der Waals surface area (Å²) in [5, 5.41) is 0. The second-order valence-corrected chi connectivity index (χ2v) is 5.33. The number of alkyl halides is 3. The average molecular weight is 332 g/mol. The lowest BCUT2D eigenvalue weighted by Gasteiger charge is -2.23. The van der Waals surface area contributed by atoms with Crippen molar-refractivity contribution in [3.8, 4) is 0 Å². The molecule has 0 unspecified atom stereocenters. The van der Waals surface area contributed by atoms with Gasteiger partial charge in [0.05, 0.1) is 6.42 Å². The lowest BCUT2D eigenvalue weighted by Crippen LogP contribution is -2.43. The first-order chi connectivity index (χ1) is 10.8. The molecule has 0 N–H and O–H groups in total. The maximum atomic E-state index is 12.8. The van der Waals surface area contributed by atoms with Crippen LogP contribution in [0.15, 0.2) is 24.3 Å². The van der Waals surface area contributed by atoms with Crippen LogP contribution in [-0.4, -0.2) is 54.0 Å². The number of hydrogen-bond acceptors (Lipinski definition) is 2. The van der Waals surface area contributed by atoms with Crippen LogP contribution in [0.3, 0.4) is 0 Å². The van der Waals surface area contributed by atoms with E-state index in [0.717, 1.165) is 4.90 Å². The Labute approximate surface area is 130 Å². The standard InChI is InChI=1S/C15H16F4N2O2/c16-12-4-2-11(3-5-12)10-13(22)20-6-1-7-21(9-8-20)14(23)15(17,18)19/h2-5H,1,6-10H2. The fourth-order valence-corrected chi connectivity index (χ4v) is 2.44. The van der Waals surface area contributed by atoms with E-state index in [4.69, 9.17) is 0 Å². The molecule has 1 saturated heterocycles. The van der Waals surface area contributed by atoms with Crippen molar-refractivity contribution in [3.05, 3.63) is 35.6 Å². The van der Waals surface area contributed by atoms with Gasteiger partial charge in [0.15, 0.2) is 0 Å². The molecule has 0 aromatic heterocycles. The summed E-state index contributed by atoms with van der Waals surface area (Å²) in [7, 11) is 0. The van der Waals surface area contributed by atoms with E-state index in [1.54, 1.807) is 0 Å². The van der Waals surface area contributed by atoms with Crippen molar-refractivity contribution in [2.24, 2.45) is 0 Å². The van der Waals surface area contributed by atoms with Crippen molar-refractivity contribution in [1.82, 2.24) is 9.80 Å². The molecule has 1 aliphatic heterocycles. The predicted octanol–water partition coefficient (Wildman–Crippen LogP) is 1.99. The molecular formula is C15H16F4N2O2. The van der Waals surface area contributed by atoms with Crippen LogP contribution in [0.25, 0.3) is 0 Å². The smallest absolute Gasteiger partial charge is 0.341 e. The molecule has 0 bridgehead atoms. The number of carbonyl (C=O) groups is 2. The lowest BCUT2D eigenvalue weighted by molar-refractivity contribution is -0.185. The third kappa shape index (κ3) is 4.67. The fourth-order valence-electron chi connectivity index (χ4n) is 2.44. The molecule has 1 aliphatic rings. The highest BCUT2D eigenvalue weighted by Crippen LogP contribution is 2.19. The van der Waals surface area contributed by atoms with Gasteiger partial charge in [-0.3, -0.25) is 9.59 Å². The first kappa shape index (κ1) is 17.2. The topological polar surface area (TPSA) is 40.6 Å². The lowest BCUT2D eigenvalue weighted by atomic mass is 10.1. The summed E-state index contributed by atoms with van der Waals surface area (Å²) in [6.07, 6.45) is -4.56. The molecule has 4 nitrogen and oxygen atoms in total. The van der Waals surface area contributed by atoms with Gasteiger partial charge in [0.2, 0.25) is 5.91 Å². The molecule has 23 heavy (non-hydrogen) atoms. The van der Waals surface area contributed by atoms with E-state index in [1.807, 2.05) is 0 Å². The Hall–Kier alpha value is -2.12. The highest BCUT2D eigenvalue weighted by Gasteiger charge is 2.42. The molecule has 1 fully saturated rings. The molecule has 8 heteroatoms. The molecular weight excluding hydrogens is 316 g/mol. The van der Waals surface area contributed by atoms with Crippen LogP contribution in [0.1, 0.15) is 12.0 Å². The zero-order valence-corrected chi connectivity index (χ0v) is 12.3. The Morgan fingerprint density at radius 1 is 0.957 bits per heavy atom. The quantitative estimate of drug-likeness (QED) is 0.777. The number of amides is 2. The van der Waals surface area contributed by atoms with E-state index in [0.29, 0.717) is 12.1 Å².